The number of non-ortho nitro benzene ring substituents is 1. The summed E-state index contributed by atoms with van der Waals surface area (Å²) >= 11 is 0. The molecule has 1 aliphatic rings. The summed E-state index contributed by atoms with van der Waals surface area (Å²) in [5.74, 6) is -0.668. The number of anilines is 2. The Hall–Kier alpha value is -3.95. The maximum Gasteiger partial charge on any atom is 0.416 e. The molecule has 1 N–H and O–H groups in total. The molecule has 1 amide bonds. The lowest BCUT2D eigenvalue weighted by Crippen LogP contribution is -2.45. The molecular weight excluding hydrogens is 428 g/mol. The second-order valence-electron chi connectivity index (χ2n) is 8.63. The Labute approximate surface area is 191 Å². The number of benzene rings is 1. The smallest absolute Gasteiger partial charge is 0.416 e. The van der Waals surface area contributed by atoms with Crippen molar-refractivity contribution in [3.63, 3.8) is 0 Å². The van der Waals surface area contributed by atoms with Crippen LogP contribution in [0.4, 0.5) is 22.0 Å². The van der Waals surface area contributed by atoms with E-state index in [1.807, 2.05) is 0 Å². The van der Waals surface area contributed by atoms with Gasteiger partial charge in [0.1, 0.15) is 11.4 Å². The van der Waals surface area contributed by atoms with Crippen molar-refractivity contribution in [2.24, 2.45) is 0 Å². The van der Waals surface area contributed by atoms with Crippen molar-refractivity contribution < 1.29 is 24.4 Å². The van der Waals surface area contributed by atoms with Crippen molar-refractivity contribution in [1.82, 2.24) is 4.98 Å². The summed E-state index contributed by atoms with van der Waals surface area (Å²) in [4.78, 5) is 42.2. The first kappa shape index (κ1) is 23.7. The molecule has 1 atom stereocenters. The van der Waals surface area contributed by atoms with E-state index in [9.17, 15) is 19.7 Å². The van der Waals surface area contributed by atoms with Crippen LogP contribution in [-0.2, 0) is 9.53 Å². The molecule has 0 radical (unpaired) electrons. The van der Waals surface area contributed by atoms with Gasteiger partial charge < -0.3 is 14.7 Å². The summed E-state index contributed by atoms with van der Waals surface area (Å²) in [5, 5.41) is 19.7. The first-order valence-electron chi connectivity index (χ1n) is 10.4. The van der Waals surface area contributed by atoms with E-state index < -0.39 is 22.6 Å². The highest BCUT2D eigenvalue weighted by molar-refractivity contribution is 5.88. The van der Waals surface area contributed by atoms with E-state index >= 15 is 0 Å². The number of amides is 1. The van der Waals surface area contributed by atoms with Crippen LogP contribution in [0.25, 0.3) is 6.08 Å². The van der Waals surface area contributed by atoms with Crippen molar-refractivity contribution in [1.29, 1.82) is 0 Å². The van der Waals surface area contributed by atoms with Gasteiger partial charge in [0, 0.05) is 43.2 Å². The summed E-state index contributed by atoms with van der Waals surface area (Å²) < 4.78 is 5.62. The van der Waals surface area contributed by atoms with Crippen LogP contribution >= 0.6 is 0 Å². The third-order valence-electron chi connectivity index (χ3n) is 4.98. The third-order valence-corrected chi connectivity index (χ3v) is 4.98. The van der Waals surface area contributed by atoms with Gasteiger partial charge in [-0.2, -0.15) is 0 Å². The lowest BCUT2D eigenvalue weighted by Gasteiger charge is -2.31. The van der Waals surface area contributed by atoms with E-state index in [0.29, 0.717) is 30.9 Å². The van der Waals surface area contributed by atoms with Crippen LogP contribution in [0.3, 0.4) is 0 Å². The molecule has 0 unspecified atom stereocenters. The Balaban J connectivity index is 1.83. The molecule has 2 heterocycles. The molecule has 1 aromatic heterocycles. The first-order valence-corrected chi connectivity index (χ1v) is 10.4. The number of pyridine rings is 1. The molecule has 1 fully saturated rings. The zero-order valence-corrected chi connectivity index (χ0v) is 18.7. The molecule has 3 rings (SSSR count). The minimum atomic E-state index is -1.06. The maximum absolute atomic E-state index is 13.1. The van der Waals surface area contributed by atoms with E-state index in [1.165, 1.54) is 29.3 Å². The molecule has 10 heteroatoms. The number of aromatic nitrogens is 1. The Morgan fingerprint density at radius 1 is 1.24 bits per heavy atom. The Morgan fingerprint density at radius 3 is 2.48 bits per heavy atom. The fourth-order valence-electron chi connectivity index (χ4n) is 3.52. The first-order chi connectivity index (χ1) is 15.5. The van der Waals surface area contributed by atoms with Gasteiger partial charge in [0.05, 0.1) is 11.0 Å². The predicted octanol–water partition coefficient (Wildman–Crippen LogP) is 4.11. The van der Waals surface area contributed by atoms with Crippen LogP contribution < -0.4 is 9.80 Å². The number of nitro benzene ring substituents is 1. The highest BCUT2D eigenvalue weighted by Gasteiger charge is 2.35. The Bertz CT molecular complexity index is 1040. The van der Waals surface area contributed by atoms with E-state index in [-0.39, 0.29) is 11.7 Å². The van der Waals surface area contributed by atoms with Crippen LogP contribution in [0.15, 0.2) is 48.7 Å². The van der Waals surface area contributed by atoms with E-state index in [4.69, 9.17) is 9.84 Å². The van der Waals surface area contributed by atoms with Gasteiger partial charge in [-0.05, 0) is 63.1 Å². The van der Waals surface area contributed by atoms with Gasteiger partial charge in [-0.25, -0.2) is 14.6 Å². The summed E-state index contributed by atoms with van der Waals surface area (Å²) in [7, 11) is 0. The number of ether oxygens (including phenoxy) is 1. The van der Waals surface area contributed by atoms with Gasteiger partial charge >= 0.3 is 12.1 Å². The van der Waals surface area contributed by atoms with Gasteiger partial charge in [-0.1, -0.05) is 0 Å². The van der Waals surface area contributed by atoms with Crippen molar-refractivity contribution in [3.8, 4) is 0 Å². The average molecular weight is 454 g/mol. The number of hydrogen-bond acceptors (Lipinski definition) is 7. The quantitative estimate of drug-likeness (QED) is 0.393. The van der Waals surface area contributed by atoms with Crippen molar-refractivity contribution in [2.45, 2.75) is 38.8 Å². The highest BCUT2D eigenvalue weighted by atomic mass is 16.6. The number of hydrogen-bond donors (Lipinski definition) is 1. The topological polar surface area (TPSA) is 126 Å². The zero-order valence-electron chi connectivity index (χ0n) is 18.7. The van der Waals surface area contributed by atoms with E-state index in [2.05, 4.69) is 9.88 Å². The molecule has 0 bridgehead atoms. The zero-order chi connectivity index (χ0) is 24.2. The molecular formula is C23H26N4O6. The lowest BCUT2D eigenvalue weighted by molar-refractivity contribution is -0.384. The van der Waals surface area contributed by atoms with Gasteiger partial charge in [-0.3, -0.25) is 15.0 Å². The van der Waals surface area contributed by atoms with Gasteiger partial charge in [0.15, 0.2) is 0 Å². The second-order valence-corrected chi connectivity index (χ2v) is 8.63. The summed E-state index contributed by atoms with van der Waals surface area (Å²) in [6.07, 6.45) is 4.05. The molecule has 0 spiro atoms. The number of nitro groups is 1. The third kappa shape index (κ3) is 6.28. The molecule has 0 aliphatic carbocycles. The number of carbonyl (C=O) groups is 2. The molecule has 1 aliphatic heterocycles. The summed E-state index contributed by atoms with van der Waals surface area (Å²) in [5.41, 5.74) is 0.737. The van der Waals surface area contributed by atoms with E-state index in [0.717, 1.165) is 11.8 Å². The molecule has 1 aromatic carbocycles. The number of carboxylic acid groups (broad SMARTS) is 1. The largest absolute Gasteiger partial charge is 0.478 e. The van der Waals surface area contributed by atoms with Crippen molar-refractivity contribution in [2.75, 3.05) is 22.9 Å². The Morgan fingerprint density at radius 2 is 1.94 bits per heavy atom. The standard InChI is InChI=1S/C23H26N4O6/c1-23(2,3)33-22(30)26(20-10-4-16(14-24-20)5-11-21(28)29)19-12-13-25(15-19)17-6-8-18(9-7-17)27(31)32/h4-11,14,19H,12-13,15H2,1-3H3,(H,28,29)/t19-/m1/s1. The van der Waals surface area contributed by atoms with Crippen LogP contribution in [0, 0.1) is 10.1 Å². The second kappa shape index (κ2) is 9.68. The summed E-state index contributed by atoms with van der Waals surface area (Å²) in [6.45, 7) is 6.51. The average Bonchev–Trinajstić information content (AvgIpc) is 3.21. The van der Waals surface area contributed by atoms with Crippen molar-refractivity contribution in [3.05, 3.63) is 64.3 Å². The maximum atomic E-state index is 13.1. The van der Waals surface area contributed by atoms with Gasteiger partial charge in [0.25, 0.3) is 5.69 Å². The molecule has 2 aromatic rings. The van der Waals surface area contributed by atoms with Gasteiger partial charge in [0.2, 0.25) is 0 Å². The molecule has 10 nitrogen and oxygen atoms in total. The number of carbonyl (C=O) groups excluding carboxylic acids is 1. The fourth-order valence-corrected chi connectivity index (χ4v) is 3.52. The normalized spacial score (nSPS) is 16.1. The molecule has 174 valence electrons. The minimum Gasteiger partial charge on any atom is -0.478 e. The summed E-state index contributed by atoms with van der Waals surface area (Å²) in [6, 6.07) is 9.41. The molecule has 1 saturated heterocycles. The highest BCUT2D eigenvalue weighted by Crippen LogP contribution is 2.28. The van der Waals surface area contributed by atoms with Crippen LogP contribution in [0.5, 0.6) is 0 Å². The lowest BCUT2D eigenvalue weighted by atomic mass is 10.2. The minimum absolute atomic E-state index is 0.0196. The molecule has 33 heavy (non-hydrogen) atoms. The Kier molecular flexibility index (Phi) is 6.95. The van der Waals surface area contributed by atoms with Crippen molar-refractivity contribution >= 4 is 35.3 Å². The SMILES string of the molecule is CC(C)(C)OC(=O)N(c1ccc(C=CC(=O)O)cn1)[C@@H]1CCN(c2ccc([N+](=O)[O-])cc2)C1. The number of nitrogens with zero attached hydrogens (tertiary/aromatic N) is 4. The van der Waals surface area contributed by atoms with E-state index in [1.54, 1.807) is 45.0 Å². The molecule has 0 saturated carbocycles. The fraction of sp³-hybridized carbons (Fsp3) is 0.348. The van der Waals surface area contributed by atoms with Crippen LogP contribution in [0.2, 0.25) is 0 Å². The number of rotatable bonds is 6. The number of carboxylic acids is 1. The van der Waals surface area contributed by atoms with Gasteiger partial charge in [-0.15, -0.1) is 0 Å². The number of aliphatic carboxylic acids is 1. The van der Waals surface area contributed by atoms with Crippen LogP contribution in [0.1, 0.15) is 32.8 Å². The predicted molar refractivity (Wildman–Crippen MR) is 123 cm³/mol. The van der Waals surface area contributed by atoms with Crippen LogP contribution in [-0.4, -0.2) is 51.8 Å². The monoisotopic (exact) mass is 454 g/mol.